The molecule has 2 N–H and O–H groups in total. The highest BCUT2D eigenvalue weighted by Crippen LogP contribution is 2.25. The maximum Gasteiger partial charge on any atom is 0.160 e. The minimum atomic E-state index is 0.172. The van der Waals surface area contributed by atoms with Crippen molar-refractivity contribution in [1.82, 2.24) is 5.32 Å². The molecule has 0 aromatic heterocycles. The molecule has 1 aromatic carbocycles. The number of ether oxygens (including phenoxy) is 2. The average molecular weight is 225 g/mol. The highest BCUT2D eigenvalue weighted by atomic mass is 16.5. The third-order valence-electron chi connectivity index (χ3n) is 2.28. The number of methoxy groups -OCH3 is 2. The number of nitrogens with one attached hydrogen (secondary N) is 1. The number of hydrogen-bond acceptors (Lipinski definition) is 4. The van der Waals surface area contributed by atoms with Crippen molar-refractivity contribution >= 4 is 0 Å². The monoisotopic (exact) mass is 225 g/mol. The maximum absolute atomic E-state index is 9.41. The molecule has 16 heavy (non-hydrogen) atoms. The Morgan fingerprint density at radius 3 is 2.81 bits per heavy atom. The van der Waals surface area contributed by atoms with Crippen molar-refractivity contribution < 1.29 is 14.6 Å². The molecule has 0 unspecified atom stereocenters. The van der Waals surface area contributed by atoms with Gasteiger partial charge < -0.3 is 19.9 Å². The molecule has 0 atom stereocenters. The Morgan fingerprint density at radius 1 is 1.31 bits per heavy atom. The molecule has 1 rings (SSSR count). The standard InChI is InChI=1S/C12H19NO3/c1-15-7-3-6-13-9-10-4-5-11(14)12(8-10)16-2/h4-5,8,13-14H,3,6-7,9H2,1-2H3. The topological polar surface area (TPSA) is 50.7 Å². The number of rotatable bonds is 7. The van der Waals surface area contributed by atoms with Crippen molar-refractivity contribution in [2.75, 3.05) is 27.4 Å². The van der Waals surface area contributed by atoms with Crippen LogP contribution in [-0.2, 0) is 11.3 Å². The van der Waals surface area contributed by atoms with E-state index in [0.29, 0.717) is 5.75 Å². The first-order valence-corrected chi connectivity index (χ1v) is 5.33. The third-order valence-corrected chi connectivity index (χ3v) is 2.28. The Labute approximate surface area is 96.2 Å². The molecular formula is C12H19NO3. The molecule has 0 amide bonds. The molecule has 0 spiro atoms. The molecule has 1 aromatic rings. The smallest absolute Gasteiger partial charge is 0.160 e. The largest absolute Gasteiger partial charge is 0.504 e. The van der Waals surface area contributed by atoms with Gasteiger partial charge in [0.05, 0.1) is 7.11 Å². The Morgan fingerprint density at radius 2 is 2.12 bits per heavy atom. The van der Waals surface area contributed by atoms with Crippen LogP contribution in [0.4, 0.5) is 0 Å². The van der Waals surface area contributed by atoms with Gasteiger partial charge in [0, 0.05) is 20.3 Å². The summed E-state index contributed by atoms with van der Waals surface area (Å²) < 4.78 is 9.99. The number of benzene rings is 1. The number of hydrogen-bond donors (Lipinski definition) is 2. The quantitative estimate of drug-likeness (QED) is 0.691. The molecule has 0 bridgehead atoms. The molecule has 0 saturated heterocycles. The lowest BCUT2D eigenvalue weighted by molar-refractivity contribution is 0.194. The summed E-state index contributed by atoms with van der Waals surface area (Å²) in [6.45, 7) is 2.45. The van der Waals surface area contributed by atoms with Gasteiger partial charge in [-0.1, -0.05) is 6.07 Å². The summed E-state index contributed by atoms with van der Waals surface area (Å²) in [7, 11) is 3.25. The Bertz CT molecular complexity index is 315. The van der Waals surface area contributed by atoms with Crippen LogP contribution in [0, 0.1) is 0 Å². The summed E-state index contributed by atoms with van der Waals surface area (Å²) in [5, 5.41) is 12.7. The maximum atomic E-state index is 9.41. The highest BCUT2D eigenvalue weighted by Gasteiger charge is 2.01. The van der Waals surface area contributed by atoms with E-state index in [0.717, 1.165) is 31.7 Å². The Hall–Kier alpha value is -1.26. The van der Waals surface area contributed by atoms with Crippen LogP contribution < -0.4 is 10.1 Å². The lowest BCUT2D eigenvalue weighted by Crippen LogP contribution is -2.16. The summed E-state index contributed by atoms with van der Waals surface area (Å²) in [5.74, 6) is 0.682. The van der Waals surface area contributed by atoms with Crippen LogP contribution >= 0.6 is 0 Å². The fourth-order valence-electron chi connectivity index (χ4n) is 1.41. The van der Waals surface area contributed by atoms with E-state index in [-0.39, 0.29) is 5.75 Å². The first-order chi connectivity index (χ1) is 7.77. The molecule has 0 heterocycles. The van der Waals surface area contributed by atoms with E-state index in [1.165, 1.54) is 0 Å². The fourth-order valence-corrected chi connectivity index (χ4v) is 1.41. The highest BCUT2D eigenvalue weighted by molar-refractivity contribution is 5.41. The molecule has 0 aliphatic carbocycles. The summed E-state index contributed by atoms with van der Waals surface area (Å²) in [6, 6.07) is 5.35. The van der Waals surface area contributed by atoms with Crippen LogP contribution in [0.25, 0.3) is 0 Å². The second-order valence-electron chi connectivity index (χ2n) is 3.53. The van der Waals surface area contributed by atoms with Gasteiger partial charge in [0.25, 0.3) is 0 Å². The van der Waals surface area contributed by atoms with Gasteiger partial charge in [0.15, 0.2) is 11.5 Å². The van der Waals surface area contributed by atoms with E-state index in [2.05, 4.69) is 5.32 Å². The zero-order valence-electron chi connectivity index (χ0n) is 9.82. The zero-order chi connectivity index (χ0) is 11.8. The van der Waals surface area contributed by atoms with Gasteiger partial charge in [-0.2, -0.15) is 0 Å². The van der Waals surface area contributed by atoms with Crippen molar-refractivity contribution in [2.45, 2.75) is 13.0 Å². The molecule has 0 fully saturated rings. The minimum absolute atomic E-state index is 0.172. The van der Waals surface area contributed by atoms with Gasteiger partial charge in [0.1, 0.15) is 0 Å². The summed E-state index contributed by atoms with van der Waals surface area (Å²) in [5.41, 5.74) is 1.09. The van der Waals surface area contributed by atoms with Crippen LogP contribution in [0.1, 0.15) is 12.0 Å². The molecule has 90 valence electrons. The molecule has 4 nitrogen and oxygen atoms in total. The molecule has 0 saturated carbocycles. The lowest BCUT2D eigenvalue weighted by Gasteiger charge is -2.07. The van der Waals surface area contributed by atoms with Crippen molar-refractivity contribution in [1.29, 1.82) is 0 Å². The van der Waals surface area contributed by atoms with E-state index in [4.69, 9.17) is 9.47 Å². The van der Waals surface area contributed by atoms with Gasteiger partial charge in [0.2, 0.25) is 0 Å². The van der Waals surface area contributed by atoms with E-state index in [1.54, 1.807) is 20.3 Å². The molecule has 0 aliphatic rings. The van der Waals surface area contributed by atoms with Crippen molar-refractivity contribution in [3.63, 3.8) is 0 Å². The van der Waals surface area contributed by atoms with Crippen molar-refractivity contribution in [3.05, 3.63) is 23.8 Å². The Kier molecular flexibility index (Phi) is 5.67. The SMILES string of the molecule is COCCCNCc1ccc(O)c(OC)c1. The average Bonchev–Trinajstić information content (AvgIpc) is 2.31. The van der Waals surface area contributed by atoms with Gasteiger partial charge in [-0.05, 0) is 30.7 Å². The van der Waals surface area contributed by atoms with Crippen LogP contribution in [0.2, 0.25) is 0 Å². The predicted octanol–water partition coefficient (Wildman–Crippen LogP) is 1.53. The van der Waals surface area contributed by atoms with Gasteiger partial charge in [-0.3, -0.25) is 0 Å². The van der Waals surface area contributed by atoms with E-state index < -0.39 is 0 Å². The van der Waals surface area contributed by atoms with E-state index in [1.807, 2.05) is 12.1 Å². The number of aromatic hydroxyl groups is 1. The predicted molar refractivity (Wildman–Crippen MR) is 62.9 cm³/mol. The van der Waals surface area contributed by atoms with Crippen LogP contribution in [0.5, 0.6) is 11.5 Å². The number of phenolic OH excluding ortho intramolecular Hbond substituents is 1. The van der Waals surface area contributed by atoms with Gasteiger partial charge >= 0.3 is 0 Å². The molecular weight excluding hydrogens is 206 g/mol. The summed E-state index contributed by atoms with van der Waals surface area (Å²) in [4.78, 5) is 0. The zero-order valence-corrected chi connectivity index (χ0v) is 9.82. The third kappa shape index (κ3) is 4.08. The summed E-state index contributed by atoms with van der Waals surface area (Å²) in [6.07, 6.45) is 0.992. The molecule has 0 radical (unpaired) electrons. The first-order valence-electron chi connectivity index (χ1n) is 5.33. The summed E-state index contributed by atoms with van der Waals surface area (Å²) >= 11 is 0. The van der Waals surface area contributed by atoms with Crippen LogP contribution in [-0.4, -0.2) is 32.5 Å². The normalized spacial score (nSPS) is 10.4. The Balaban J connectivity index is 2.36. The van der Waals surface area contributed by atoms with Gasteiger partial charge in [-0.25, -0.2) is 0 Å². The van der Waals surface area contributed by atoms with Crippen molar-refractivity contribution in [2.24, 2.45) is 0 Å². The lowest BCUT2D eigenvalue weighted by atomic mass is 10.2. The van der Waals surface area contributed by atoms with E-state index in [9.17, 15) is 5.11 Å². The molecule has 4 heteroatoms. The molecule has 0 aliphatic heterocycles. The van der Waals surface area contributed by atoms with Crippen LogP contribution in [0.3, 0.4) is 0 Å². The van der Waals surface area contributed by atoms with E-state index >= 15 is 0 Å². The number of phenols is 1. The van der Waals surface area contributed by atoms with Crippen LogP contribution in [0.15, 0.2) is 18.2 Å². The second kappa shape index (κ2) is 7.09. The minimum Gasteiger partial charge on any atom is -0.504 e. The first kappa shape index (κ1) is 12.8. The van der Waals surface area contributed by atoms with Gasteiger partial charge in [-0.15, -0.1) is 0 Å². The second-order valence-corrected chi connectivity index (χ2v) is 3.53. The van der Waals surface area contributed by atoms with Crippen molar-refractivity contribution in [3.8, 4) is 11.5 Å². The fraction of sp³-hybridized carbons (Fsp3) is 0.500.